The van der Waals surface area contributed by atoms with E-state index in [1.807, 2.05) is 0 Å². The summed E-state index contributed by atoms with van der Waals surface area (Å²) in [5.74, 6) is 7.21. The summed E-state index contributed by atoms with van der Waals surface area (Å²) >= 11 is 7.55. The van der Waals surface area contributed by atoms with Crippen LogP contribution < -0.4 is 11.3 Å². The zero-order valence-electron chi connectivity index (χ0n) is 9.29. The molecule has 2 heterocycles. The zero-order valence-corrected chi connectivity index (χ0v) is 10.9. The fraction of sp³-hybridized carbons (Fsp3) is 0.455. The van der Waals surface area contributed by atoms with Gasteiger partial charge in [-0.25, -0.2) is 15.8 Å². The molecule has 1 aliphatic rings. The molecule has 0 saturated heterocycles. The number of aryl methyl sites for hydroxylation is 2. The second kappa shape index (κ2) is 4.40. The molecule has 0 amide bonds. The summed E-state index contributed by atoms with van der Waals surface area (Å²) in [7, 11) is 0. The first kappa shape index (κ1) is 11.2. The maximum absolute atomic E-state index is 5.79. The molecule has 0 bridgehead atoms. The summed E-state index contributed by atoms with van der Waals surface area (Å²) in [5.41, 5.74) is 4.06. The predicted octanol–water partition coefficient (Wildman–Crippen LogP) is 2.59. The highest BCUT2D eigenvalue weighted by molar-refractivity contribution is 7.19. The Labute approximate surface area is 108 Å². The molecule has 6 heteroatoms. The number of alkyl halides is 1. The first-order valence-corrected chi connectivity index (χ1v) is 7.02. The third kappa shape index (κ3) is 1.78. The lowest BCUT2D eigenvalue weighted by Crippen LogP contribution is -2.11. The molecule has 0 aliphatic heterocycles. The van der Waals surface area contributed by atoms with Crippen LogP contribution in [0.25, 0.3) is 10.2 Å². The van der Waals surface area contributed by atoms with Crippen LogP contribution in [0.1, 0.15) is 29.1 Å². The summed E-state index contributed by atoms with van der Waals surface area (Å²) in [4.78, 5) is 11.3. The van der Waals surface area contributed by atoms with Crippen LogP contribution in [0.3, 0.4) is 0 Å². The Morgan fingerprint density at radius 2 is 2.12 bits per heavy atom. The average Bonchev–Trinajstić information content (AvgIpc) is 2.75. The number of aromatic nitrogens is 2. The lowest BCUT2D eigenvalue weighted by molar-refractivity contribution is 0.700. The number of nitrogens with zero attached hydrogens (tertiary/aromatic N) is 2. The summed E-state index contributed by atoms with van der Waals surface area (Å²) in [6, 6.07) is 0. The first-order valence-electron chi connectivity index (χ1n) is 5.67. The highest BCUT2D eigenvalue weighted by atomic mass is 35.5. The second-order valence-corrected chi connectivity index (χ2v) is 5.51. The van der Waals surface area contributed by atoms with Gasteiger partial charge in [-0.3, -0.25) is 0 Å². The molecule has 3 N–H and O–H groups in total. The van der Waals surface area contributed by atoms with Gasteiger partial charge in [-0.1, -0.05) is 0 Å². The molecule has 0 fully saturated rings. The Bertz CT molecular complexity index is 566. The average molecular weight is 269 g/mol. The Kier molecular flexibility index (Phi) is 2.90. The third-order valence-corrected chi connectivity index (χ3v) is 4.54. The van der Waals surface area contributed by atoms with Crippen molar-refractivity contribution in [3.8, 4) is 0 Å². The lowest BCUT2D eigenvalue weighted by Gasteiger charge is -2.11. The molecule has 0 atom stereocenters. The third-order valence-electron chi connectivity index (χ3n) is 3.12. The van der Waals surface area contributed by atoms with Crippen molar-refractivity contribution in [1.82, 2.24) is 9.97 Å². The van der Waals surface area contributed by atoms with Crippen LogP contribution in [0, 0.1) is 0 Å². The maximum atomic E-state index is 5.79. The number of nitrogens with two attached hydrogens (primary N) is 1. The number of thiophene rings is 1. The Morgan fingerprint density at radius 1 is 1.29 bits per heavy atom. The van der Waals surface area contributed by atoms with E-state index in [4.69, 9.17) is 17.4 Å². The summed E-state index contributed by atoms with van der Waals surface area (Å²) in [5, 5.41) is 1.10. The molecule has 4 nitrogen and oxygen atoms in total. The number of hydrazine groups is 1. The monoisotopic (exact) mass is 268 g/mol. The van der Waals surface area contributed by atoms with E-state index in [0.717, 1.165) is 23.1 Å². The number of nitrogens with one attached hydrogen (secondary N) is 1. The van der Waals surface area contributed by atoms with Crippen molar-refractivity contribution < 1.29 is 0 Å². The first-order chi connectivity index (χ1) is 8.33. The van der Waals surface area contributed by atoms with Crippen molar-refractivity contribution in [1.29, 1.82) is 0 Å². The highest BCUT2D eigenvalue weighted by Crippen LogP contribution is 2.38. The number of nitrogen functional groups attached to an aromatic ring is 1. The number of fused-ring (bicyclic) bond motifs is 3. The minimum absolute atomic E-state index is 0.313. The number of anilines is 1. The molecule has 0 saturated carbocycles. The highest BCUT2D eigenvalue weighted by Gasteiger charge is 2.20. The molecule has 1 aliphatic carbocycles. The molecule has 2 aromatic rings. The van der Waals surface area contributed by atoms with Crippen molar-refractivity contribution in [3.05, 3.63) is 16.3 Å². The van der Waals surface area contributed by atoms with Gasteiger partial charge < -0.3 is 5.43 Å². The van der Waals surface area contributed by atoms with Gasteiger partial charge in [0.25, 0.3) is 0 Å². The van der Waals surface area contributed by atoms with Gasteiger partial charge in [-0.15, -0.1) is 22.9 Å². The van der Waals surface area contributed by atoms with Gasteiger partial charge >= 0.3 is 0 Å². The molecule has 90 valence electrons. The van der Waals surface area contributed by atoms with Crippen LogP contribution in [0.4, 0.5) is 5.82 Å². The van der Waals surface area contributed by atoms with E-state index in [2.05, 4.69) is 15.4 Å². The molecule has 0 aromatic carbocycles. The topological polar surface area (TPSA) is 63.8 Å². The van der Waals surface area contributed by atoms with Crippen LogP contribution in [0.15, 0.2) is 0 Å². The fourth-order valence-corrected chi connectivity index (χ4v) is 3.77. The predicted molar refractivity (Wildman–Crippen MR) is 71.4 cm³/mol. The smallest absolute Gasteiger partial charge is 0.152 e. The molecule has 0 unspecified atom stereocenters. The molecular formula is C11H13ClN4S. The minimum atomic E-state index is 0.313. The number of rotatable bonds is 2. The van der Waals surface area contributed by atoms with E-state index in [-0.39, 0.29) is 0 Å². The van der Waals surface area contributed by atoms with Gasteiger partial charge in [-0.2, -0.15) is 0 Å². The number of hydrogen-bond donors (Lipinski definition) is 2. The zero-order chi connectivity index (χ0) is 11.8. The number of hydrogen-bond acceptors (Lipinski definition) is 5. The molecule has 2 aromatic heterocycles. The van der Waals surface area contributed by atoms with Gasteiger partial charge in [0.15, 0.2) is 5.82 Å². The molecule has 0 radical (unpaired) electrons. The van der Waals surface area contributed by atoms with Gasteiger partial charge in [0.05, 0.1) is 11.3 Å². The van der Waals surface area contributed by atoms with Crippen molar-refractivity contribution in [2.75, 3.05) is 5.43 Å². The van der Waals surface area contributed by atoms with E-state index in [1.54, 1.807) is 11.3 Å². The largest absolute Gasteiger partial charge is 0.308 e. The maximum Gasteiger partial charge on any atom is 0.152 e. The summed E-state index contributed by atoms with van der Waals surface area (Å²) < 4.78 is 0. The van der Waals surface area contributed by atoms with Gasteiger partial charge in [-0.05, 0) is 31.2 Å². The Morgan fingerprint density at radius 3 is 2.88 bits per heavy atom. The van der Waals surface area contributed by atoms with E-state index < -0.39 is 0 Å². The van der Waals surface area contributed by atoms with E-state index in [9.17, 15) is 0 Å². The Hall–Kier alpha value is -0.910. The van der Waals surface area contributed by atoms with E-state index in [0.29, 0.717) is 17.5 Å². The van der Waals surface area contributed by atoms with Gasteiger partial charge in [0, 0.05) is 4.88 Å². The molecule has 3 rings (SSSR count). The summed E-state index contributed by atoms with van der Waals surface area (Å²) in [6.07, 6.45) is 4.76. The van der Waals surface area contributed by atoms with E-state index >= 15 is 0 Å². The van der Waals surface area contributed by atoms with Gasteiger partial charge in [0.2, 0.25) is 0 Å². The van der Waals surface area contributed by atoms with Crippen LogP contribution in [-0.2, 0) is 18.7 Å². The lowest BCUT2D eigenvalue weighted by atomic mass is 9.97. The normalized spacial score (nSPS) is 14.9. The molecular weight excluding hydrogens is 256 g/mol. The standard InChI is InChI=1S/C11H13ClN4S/c12-5-8-14-10(16-13)9-6-3-1-2-4-7(6)17-11(9)15-8/h1-5,13H2,(H,14,15,16). The van der Waals surface area contributed by atoms with Crippen LogP contribution >= 0.6 is 22.9 Å². The second-order valence-electron chi connectivity index (χ2n) is 4.16. The number of halogens is 1. The summed E-state index contributed by atoms with van der Waals surface area (Å²) in [6.45, 7) is 0. The van der Waals surface area contributed by atoms with Crippen LogP contribution in [0.2, 0.25) is 0 Å². The van der Waals surface area contributed by atoms with Crippen LogP contribution in [0.5, 0.6) is 0 Å². The molecule has 0 spiro atoms. The van der Waals surface area contributed by atoms with Crippen LogP contribution in [-0.4, -0.2) is 9.97 Å². The molecule has 17 heavy (non-hydrogen) atoms. The minimum Gasteiger partial charge on any atom is -0.308 e. The van der Waals surface area contributed by atoms with Crippen molar-refractivity contribution in [3.63, 3.8) is 0 Å². The Balaban J connectivity index is 2.29. The SMILES string of the molecule is NNc1nc(CCl)nc2sc3c(c12)CCCC3. The van der Waals surface area contributed by atoms with Crippen molar-refractivity contribution in [2.45, 2.75) is 31.6 Å². The fourth-order valence-electron chi connectivity index (χ4n) is 2.37. The van der Waals surface area contributed by atoms with E-state index in [1.165, 1.54) is 23.3 Å². The quantitative estimate of drug-likeness (QED) is 0.499. The van der Waals surface area contributed by atoms with Crippen molar-refractivity contribution >= 4 is 39.0 Å². The van der Waals surface area contributed by atoms with Gasteiger partial charge in [0.1, 0.15) is 10.7 Å². The van der Waals surface area contributed by atoms with Crippen molar-refractivity contribution in [2.24, 2.45) is 5.84 Å².